The number of hydrogen-bond acceptors (Lipinski definition) is 4. The Morgan fingerprint density at radius 2 is 2.00 bits per heavy atom. The van der Waals surface area contributed by atoms with Gasteiger partial charge in [0.2, 0.25) is 5.88 Å². The number of anilines is 2. The number of fused-ring (bicyclic) bond motifs is 1. The van der Waals surface area contributed by atoms with Crippen molar-refractivity contribution in [1.82, 2.24) is 14.6 Å². The topological polar surface area (TPSA) is 80.5 Å². The van der Waals surface area contributed by atoms with Gasteiger partial charge in [-0.05, 0) is 36.4 Å². The molecule has 2 aromatic heterocycles. The second kappa shape index (κ2) is 7.76. The molecule has 2 N–H and O–H groups in total. The lowest BCUT2D eigenvalue weighted by Crippen LogP contribution is -2.19. The summed E-state index contributed by atoms with van der Waals surface area (Å²) in [5.41, 5.74) is 2.75. The molecule has 4 rings (SSSR count). The number of nitrogens with one attached hydrogen (secondary N) is 2. The highest BCUT2D eigenvalue weighted by atomic mass is 35.5. The van der Waals surface area contributed by atoms with Gasteiger partial charge in [-0.1, -0.05) is 23.7 Å². The molecule has 2 amide bonds. The first-order valence-electron chi connectivity index (χ1n) is 8.56. The molecule has 2 heterocycles. The maximum atomic E-state index is 13.3. The van der Waals surface area contributed by atoms with E-state index in [9.17, 15) is 9.18 Å². The average Bonchev–Trinajstić information content (AvgIpc) is 3.12. The highest BCUT2D eigenvalue weighted by Crippen LogP contribution is 2.29. The SMILES string of the molecule is COc1ccc2nc(-c3ccc(Cl)c(NC(=O)Nc4cccc(F)c4)c3)cn2n1. The Hall–Kier alpha value is -3.65. The fourth-order valence-corrected chi connectivity index (χ4v) is 2.91. The number of methoxy groups -OCH3 is 1. The molecule has 0 aliphatic heterocycles. The zero-order chi connectivity index (χ0) is 20.4. The molecule has 0 spiro atoms. The Morgan fingerprint density at radius 3 is 2.79 bits per heavy atom. The first-order valence-corrected chi connectivity index (χ1v) is 8.93. The van der Waals surface area contributed by atoms with Gasteiger partial charge < -0.3 is 15.4 Å². The van der Waals surface area contributed by atoms with Gasteiger partial charge in [0.15, 0.2) is 5.65 Å². The Kier molecular flexibility index (Phi) is 5.01. The maximum Gasteiger partial charge on any atom is 0.323 e. The van der Waals surface area contributed by atoms with Gasteiger partial charge in [-0.3, -0.25) is 0 Å². The van der Waals surface area contributed by atoms with Crippen molar-refractivity contribution in [3.8, 4) is 17.1 Å². The van der Waals surface area contributed by atoms with Crippen LogP contribution < -0.4 is 15.4 Å². The number of benzene rings is 2. The number of halogens is 2. The third-order valence-corrected chi connectivity index (χ3v) is 4.43. The number of hydrogen-bond donors (Lipinski definition) is 2. The summed E-state index contributed by atoms with van der Waals surface area (Å²) in [6.45, 7) is 0. The molecule has 2 aromatic carbocycles. The molecule has 9 heteroatoms. The first kappa shape index (κ1) is 18.7. The quantitative estimate of drug-likeness (QED) is 0.503. The molecule has 0 saturated heterocycles. The van der Waals surface area contributed by atoms with Gasteiger partial charge in [0.25, 0.3) is 0 Å². The number of urea groups is 1. The van der Waals surface area contributed by atoms with Gasteiger partial charge in [0.1, 0.15) is 5.82 Å². The van der Waals surface area contributed by atoms with Crippen molar-refractivity contribution in [1.29, 1.82) is 0 Å². The predicted octanol–water partition coefficient (Wildman–Crippen LogP) is 4.84. The third kappa shape index (κ3) is 4.12. The van der Waals surface area contributed by atoms with Crippen molar-refractivity contribution >= 4 is 34.7 Å². The van der Waals surface area contributed by atoms with Crippen LogP contribution >= 0.6 is 11.6 Å². The molecule has 0 bridgehead atoms. The number of rotatable bonds is 4. The van der Waals surface area contributed by atoms with E-state index in [1.165, 1.54) is 25.3 Å². The molecule has 4 aromatic rings. The fraction of sp³-hybridized carbons (Fsp3) is 0.0500. The first-order chi connectivity index (χ1) is 14.0. The molecule has 0 unspecified atom stereocenters. The molecule has 0 radical (unpaired) electrons. The van der Waals surface area contributed by atoms with Gasteiger partial charge in [-0.2, -0.15) is 0 Å². The Balaban J connectivity index is 1.58. The number of imidazole rings is 1. The van der Waals surface area contributed by atoms with E-state index in [-0.39, 0.29) is 0 Å². The van der Waals surface area contributed by atoms with Gasteiger partial charge in [0.05, 0.1) is 29.7 Å². The minimum Gasteiger partial charge on any atom is -0.480 e. The van der Waals surface area contributed by atoms with Crippen LogP contribution in [0.3, 0.4) is 0 Å². The van der Waals surface area contributed by atoms with E-state index in [1.54, 1.807) is 47.1 Å². The van der Waals surface area contributed by atoms with E-state index in [0.717, 1.165) is 5.56 Å². The van der Waals surface area contributed by atoms with E-state index in [0.29, 0.717) is 33.6 Å². The molecule has 7 nitrogen and oxygen atoms in total. The summed E-state index contributed by atoms with van der Waals surface area (Å²) in [6.07, 6.45) is 1.75. The van der Waals surface area contributed by atoms with Crippen LogP contribution in [0.15, 0.2) is 60.8 Å². The predicted molar refractivity (Wildman–Crippen MR) is 109 cm³/mol. The van der Waals surface area contributed by atoms with Gasteiger partial charge in [-0.25, -0.2) is 18.7 Å². The number of ether oxygens (including phenoxy) is 1. The number of amides is 2. The van der Waals surface area contributed by atoms with Crippen LogP contribution in [0.1, 0.15) is 0 Å². The third-order valence-electron chi connectivity index (χ3n) is 4.10. The van der Waals surface area contributed by atoms with Crippen molar-refractivity contribution < 1.29 is 13.9 Å². The lowest BCUT2D eigenvalue weighted by atomic mass is 10.1. The number of aromatic nitrogens is 3. The summed E-state index contributed by atoms with van der Waals surface area (Å²) in [5.74, 6) is 0.0221. The van der Waals surface area contributed by atoms with Crippen molar-refractivity contribution in [3.63, 3.8) is 0 Å². The molecule has 0 fully saturated rings. The molecule has 146 valence electrons. The minimum absolute atomic E-state index is 0.329. The summed E-state index contributed by atoms with van der Waals surface area (Å²) in [6, 6.07) is 13.7. The summed E-state index contributed by atoms with van der Waals surface area (Å²) in [4.78, 5) is 16.8. The van der Waals surface area contributed by atoms with Gasteiger partial charge >= 0.3 is 6.03 Å². The monoisotopic (exact) mass is 411 g/mol. The zero-order valence-electron chi connectivity index (χ0n) is 15.2. The summed E-state index contributed by atoms with van der Waals surface area (Å²) >= 11 is 6.22. The van der Waals surface area contributed by atoms with Gasteiger partial charge in [0, 0.05) is 17.3 Å². The number of nitrogens with zero attached hydrogens (tertiary/aromatic N) is 3. The largest absolute Gasteiger partial charge is 0.480 e. The Bertz CT molecular complexity index is 1210. The molecular weight excluding hydrogens is 397 g/mol. The fourth-order valence-electron chi connectivity index (χ4n) is 2.74. The average molecular weight is 412 g/mol. The maximum absolute atomic E-state index is 13.3. The molecule has 29 heavy (non-hydrogen) atoms. The molecule has 0 atom stereocenters. The van der Waals surface area contributed by atoms with Crippen LogP contribution in [0.4, 0.5) is 20.6 Å². The molecular formula is C20H15ClFN5O2. The van der Waals surface area contributed by atoms with Crippen molar-refractivity contribution in [2.45, 2.75) is 0 Å². The Morgan fingerprint density at radius 1 is 1.14 bits per heavy atom. The van der Waals surface area contributed by atoms with Crippen molar-refractivity contribution in [2.24, 2.45) is 0 Å². The summed E-state index contributed by atoms with van der Waals surface area (Å²) in [5, 5.41) is 9.86. The summed E-state index contributed by atoms with van der Waals surface area (Å²) < 4.78 is 20.0. The minimum atomic E-state index is -0.545. The molecule has 0 saturated carbocycles. The second-order valence-corrected chi connectivity index (χ2v) is 6.50. The van der Waals surface area contributed by atoms with Gasteiger partial charge in [-0.15, -0.1) is 5.10 Å². The van der Waals surface area contributed by atoms with Crippen LogP contribution in [0.25, 0.3) is 16.9 Å². The van der Waals surface area contributed by atoms with E-state index in [2.05, 4.69) is 20.7 Å². The lowest BCUT2D eigenvalue weighted by molar-refractivity contribution is 0.262. The molecule has 0 aliphatic carbocycles. The number of carbonyl (C=O) groups excluding carboxylic acids is 1. The standard InChI is InChI=1S/C20H15ClFN5O2/c1-29-19-8-7-18-24-17(11-27(18)26-19)12-5-6-15(21)16(9-12)25-20(28)23-14-4-2-3-13(22)10-14/h2-11H,1H3,(H2,23,25,28). The normalized spacial score (nSPS) is 10.7. The molecule has 0 aliphatic rings. The highest BCUT2D eigenvalue weighted by Gasteiger charge is 2.11. The zero-order valence-corrected chi connectivity index (χ0v) is 15.9. The van der Waals surface area contributed by atoms with Crippen LogP contribution in [0, 0.1) is 5.82 Å². The van der Waals surface area contributed by atoms with E-state index < -0.39 is 11.8 Å². The second-order valence-electron chi connectivity index (χ2n) is 6.09. The van der Waals surface area contributed by atoms with E-state index in [1.807, 2.05) is 0 Å². The van der Waals surface area contributed by atoms with E-state index >= 15 is 0 Å². The lowest BCUT2D eigenvalue weighted by Gasteiger charge is -2.10. The number of carbonyl (C=O) groups is 1. The van der Waals surface area contributed by atoms with Crippen molar-refractivity contribution in [2.75, 3.05) is 17.7 Å². The Labute approximate surface area is 170 Å². The van der Waals surface area contributed by atoms with Crippen LogP contribution in [-0.4, -0.2) is 27.7 Å². The van der Waals surface area contributed by atoms with E-state index in [4.69, 9.17) is 16.3 Å². The van der Waals surface area contributed by atoms with Crippen LogP contribution in [-0.2, 0) is 0 Å². The van der Waals surface area contributed by atoms with Crippen molar-refractivity contribution in [3.05, 3.63) is 71.6 Å². The van der Waals surface area contributed by atoms with Crippen LogP contribution in [0.5, 0.6) is 5.88 Å². The summed E-state index contributed by atoms with van der Waals surface area (Å²) in [7, 11) is 1.54. The smallest absolute Gasteiger partial charge is 0.323 e. The van der Waals surface area contributed by atoms with Crippen LogP contribution in [0.2, 0.25) is 5.02 Å². The highest BCUT2D eigenvalue weighted by molar-refractivity contribution is 6.34.